The highest BCUT2D eigenvalue weighted by Crippen LogP contribution is 3.02. The van der Waals surface area contributed by atoms with E-state index in [4.69, 9.17) is 4.74 Å². The van der Waals surface area contributed by atoms with Crippen LogP contribution in [0.2, 0.25) is 0 Å². The standard InChI is InChI=1S/C26H33F5O2S/c1-2-3-4-5-6-7-20-8-10-21(11-9-20)22-12-14-23(15-13-22)26(32)33-24-16-18-25(19-17-24)34(27,28,29,30)31/h8-11,16-19,22-23H,2-7,12-15H2,1H3. The Morgan fingerprint density at radius 1 is 0.824 bits per heavy atom. The molecule has 2 aromatic carbocycles. The third kappa shape index (κ3) is 7.72. The number of hydrogen-bond donors (Lipinski definition) is 0. The normalized spacial score (nSPS) is 20.9. The second kappa shape index (κ2) is 9.88. The summed E-state index contributed by atoms with van der Waals surface area (Å²) < 4.78 is 69.3. The molecule has 34 heavy (non-hydrogen) atoms. The van der Waals surface area contributed by atoms with Gasteiger partial charge in [-0.2, -0.15) is 0 Å². The van der Waals surface area contributed by atoms with E-state index in [-0.39, 0.29) is 23.8 Å². The Labute approximate surface area is 198 Å². The number of aryl methyl sites for hydroxylation is 1. The van der Waals surface area contributed by atoms with E-state index in [0.29, 0.717) is 18.8 Å². The fraction of sp³-hybridized carbons (Fsp3) is 0.500. The van der Waals surface area contributed by atoms with Gasteiger partial charge in [0.15, 0.2) is 0 Å². The molecular weight excluding hydrogens is 471 g/mol. The van der Waals surface area contributed by atoms with Gasteiger partial charge >= 0.3 is 16.2 Å². The van der Waals surface area contributed by atoms with Crippen molar-refractivity contribution in [1.29, 1.82) is 0 Å². The van der Waals surface area contributed by atoms with E-state index in [1.165, 1.54) is 43.2 Å². The molecule has 0 amide bonds. The van der Waals surface area contributed by atoms with E-state index in [1.54, 1.807) is 0 Å². The zero-order valence-electron chi connectivity index (χ0n) is 19.5. The molecule has 0 unspecified atom stereocenters. The third-order valence-corrected chi connectivity index (χ3v) is 7.73. The van der Waals surface area contributed by atoms with Crippen LogP contribution in [-0.4, -0.2) is 5.97 Å². The predicted octanol–water partition coefficient (Wildman–Crippen LogP) is 9.74. The van der Waals surface area contributed by atoms with Crippen LogP contribution >= 0.6 is 10.2 Å². The quantitative estimate of drug-likeness (QED) is 0.139. The lowest BCUT2D eigenvalue weighted by Crippen LogP contribution is -2.25. The summed E-state index contributed by atoms with van der Waals surface area (Å²) in [5, 5.41) is 0. The molecule has 0 saturated heterocycles. The number of unbranched alkanes of at least 4 members (excludes halogenated alkanes) is 4. The molecule has 0 radical (unpaired) electrons. The van der Waals surface area contributed by atoms with Gasteiger partial charge in [-0.1, -0.05) is 76.3 Å². The number of benzene rings is 2. The smallest absolute Gasteiger partial charge is 0.314 e. The lowest BCUT2D eigenvalue weighted by Gasteiger charge is -2.40. The number of rotatable bonds is 10. The summed E-state index contributed by atoms with van der Waals surface area (Å²) in [5.74, 6) is -0.687. The largest absolute Gasteiger partial charge is 0.426 e. The summed E-state index contributed by atoms with van der Waals surface area (Å²) in [4.78, 5) is 10.4. The van der Waals surface area contributed by atoms with Crippen LogP contribution in [0.5, 0.6) is 5.75 Å². The van der Waals surface area contributed by atoms with Gasteiger partial charge in [-0.05, 0) is 79.8 Å². The number of hydrogen-bond acceptors (Lipinski definition) is 2. The van der Waals surface area contributed by atoms with Crippen molar-refractivity contribution >= 4 is 16.2 Å². The van der Waals surface area contributed by atoms with Crippen molar-refractivity contribution in [1.82, 2.24) is 0 Å². The fourth-order valence-corrected chi connectivity index (χ4v) is 5.17. The van der Waals surface area contributed by atoms with Crippen molar-refractivity contribution in [2.75, 3.05) is 0 Å². The molecule has 8 heteroatoms. The second-order valence-electron chi connectivity index (χ2n) is 9.32. The average molecular weight is 505 g/mol. The summed E-state index contributed by atoms with van der Waals surface area (Å²) in [6.45, 7) is 2.21. The van der Waals surface area contributed by atoms with Crippen molar-refractivity contribution in [3.05, 3.63) is 59.7 Å². The molecule has 2 nitrogen and oxygen atoms in total. The molecular formula is C26H33F5O2S. The van der Waals surface area contributed by atoms with E-state index in [0.717, 1.165) is 31.4 Å². The van der Waals surface area contributed by atoms with Gasteiger partial charge in [0.1, 0.15) is 10.6 Å². The third-order valence-electron chi connectivity index (χ3n) is 6.57. The first kappa shape index (κ1) is 26.5. The molecule has 0 heterocycles. The Kier molecular flexibility index (Phi) is 7.70. The van der Waals surface area contributed by atoms with Gasteiger partial charge in [-0.15, -0.1) is 0 Å². The average Bonchev–Trinajstić information content (AvgIpc) is 2.78. The van der Waals surface area contributed by atoms with Crippen LogP contribution in [0.1, 0.15) is 81.8 Å². The van der Waals surface area contributed by atoms with Crippen LogP contribution in [0.25, 0.3) is 0 Å². The molecule has 3 rings (SSSR count). The lowest BCUT2D eigenvalue weighted by molar-refractivity contribution is -0.140. The summed E-state index contributed by atoms with van der Waals surface area (Å²) in [5.41, 5.74) is 2.60. The van der Waals surface area contributed by atoms with Crippen LogP contribution in [-0.2, 0) is 11.2 Å². The topological polar surface area (TPSA) is 26.3 Å². The van der Waals surface area contributed by atoms with Crippen LogP contribution in [0.4, 0.5) is 19.4 Å². The van der Waals surface area contributed by atoms with Gasteiger partial charge in [0.05, 0.1) is 5.92 Å². The fourth-order valence-electron chi connectivity index (χ4n) is 4.52. The highest BCUT2D eigenvalue weighted by Gasteiger charge is 2.65. The number of halogens is 5. The molecule has 1 aliphatic rings. The maximum Gasteiger partial charge on any atom is 0.314 e. The molecule has 1 aliphatic carbocycles. The van der Waals surface area contributed by atoms with Gasteiger partial charge in [0.25, 0.3) is 0 Å². The minimum Gasteiger partial charge on any atom is -0.426 e. The Morgan fingerprint density at radius 2 is 1.41 bits per heavy atom. The van der Waals surface area contributed by atoms with E-state index < -0.39 is 21.1 Å². The van der Waals surface area contributed by atoms with E-state index in [1.807, 2.05) is 0 Å². The van der Waals surface area contributed by atoms with Crippen LogP contribution < -0.4 is 4.74 Å². The van der Waals surface area contributed by atoms with Gasteiger partial charge in [0, 0.05) is 0 Å². The summed E-state index contributed by atoms with van der Waals surface area (Å²) in [6.07, 6.45) is 10.2. The minimum atomic E-state index is -9.73. The first-order valence-electron chi connectivity index (χ1n) is 12.0. The van der Waals surface area contributed by atoms with Crippen LogP contribution in [0.15, 0.2) is 53.4 Å². The van der Waals surface area contributed by atoms with E-state index in [9.17, 15) is 24.2 Å². The molecule has 2 aromatic rings. The van der Waals surface area contributed by atoms with Gasteiger partial charge in [-0.25, -0.2) is 0 Å². The molecule has 0 spiro atoms. The molecule has 0 bridgehead atoms. The number of carbonyl (C=O) groups excluding carboxylic acids is 1. The molecule has 0 aromatic heterocycles. The van der Waals surface area contributed by atoms with Gasteiger partial charge in [-0.3, -0.25) is 4.79 Å². The predicted molar refractivity (Wildman–Crippen MR) is 127 cm³/mol. The van der Waals surface area contributed by atoms with Crippen molar-refractivity contribution < 1.29 is 29.0 Å². The van der Waals surface area contributed by atoms with Gasteiger partial charge in [0.2, 0.25) is 0 Å². The Morgan fingerprint density at radius 3 is 1.97 bits per heavy atom. The summed E-state index contributed by atoms with van der Waals surface area (Å²) >= 11 is 0. The SMILES string of the molecule is CCCCCCCc1ccc(C2CCC(C(=O)Oc3ccc(S(F)(F)(F)(F)F)cc3)CC2)cc1. The minimum absolute atomic E-state index is 0.164. The van der Waals surface area contributed by atoms with Crippen LogP contribution in [0.3, 0.4) is 0 Å². The summed E-state index contributed by atoms with van der Waals surface area (Å²) in [7, 11) is -9.73. The van der Waals surface area contributed by atoms with Crippen LogP contribution in [0, 0.1) is 5.92 Å². The zero-order chi connectivity index (χ0) is 24.9. The first-order valence-corrected chi connectivity index (χ1v) is 14.0. The van der Waals surface area contributed by atoms with Crippen molar-refractivity contribution in [3.8, 4) is 5.75 Å². The van der Waals surface area contributed by atoms with Gasteiger partial charge < -0.3 is 4.74 Å². The Hall–Kier alpha value is -2.09. The van der Waals surface area contributed by atoms with Crippen molar-refractivity contribution in [2.45, 2.75) is 81.9 Å². The maximum absolute atomic E-state index is 12.8. The second-order valence-corrected chi connectivity index (χ2v) is 11.7. The first-order chi connectivity index (χ1) is 15.9. The number of esters is 1. The van der Waals surface area contributed by atoms with E-state index >= 15 is 0 Å². The van der Waals surface area contributed by atoms with Crippen molar-refractivity contribution in [3.63, 3.8) is 0 Å². The molecule has 0 atom stereocenters. The Bertz CT molecular complexity index is 948. The number of carbonyl (C=O) groups is 1. The Balaban J connectivity index is 1.47. The highest BCUT2D eigenvalue weighted by atomic mass is 32.5. The lowest BCUT2D eigenvalue weighted by atomic mass is 9.78. The molecule has 0 N–H and O–H groups in total. The maximum atomic E-state index is 12.8. The summed E-state index contributed by atoms with van der Waals surface area (Å²) in [6, 6.07) is 10.8. The highest BCUT2D eigenvalue weighted by molar-refractivity contribution is 8.45. The molecule has 0 aliphatic heterocycles. The number of ether oxygens (including phenoxy) is 1. The monoisotopic (exact) mass is 504 g/mol. The molecule has 1 fully saturated rings. The van der Waals surface area contributed by atoms with E-state index in [2.05, 4.69) is 31.2 Å². The molecule has 190 valence electrons. The molecule has 1 saturated carbocycles. The zero-order valence-corrected chi connectivity index (χ0v) is 20.3. The van der Waals surface area contributed by atoms with Crippen molar-refractivity contribution in [2.24, 2.45) is 5.92 Å².